The summed E-state index contributed by atoms with van der Waals surface area (Å²) < 4.78 is 92.5. The average Bonchev–Trinajstić information content (AvgIpc) is 2.35. The highest BCUT2D eigenvalue weighted by Crippen LogP contribution is 2.51. The molecular formula is C11H26O10P2S2. The van der Waals surface area contributed by atoms with Gasteiger partial charge in [-0.05, 0) is 27.7 Å². The second-order valence-corrected chi connectivity index (χ2v) is 14.2. The average molecular weight is 444 g/mol. The molecule has 0 aromatic carbocycles. The molecule has 0 saturated heterocycles. The summed E-state index contributed by atoms with van der Waals surface area (Å²) >= 11 is 0. The minimum Gasteiger partial charge on any atom is -0.308 e. The Morgan fingerprint density at radius 2 is 0.840 bits per heavy atom. The maximum atomic E-state index is 12.3. The van der Waals surface area contributed by atoms with Crippen LogP contribution in [-0.4, -0.2) is 59.3 Å². The summed E-state index contributed by atoms with van der Waals surface area (Å²) in [5.41, 5.74) is -2.18. The molecule has 0 saturated carbocycles. The largest absolute Gasteiger partial charge is 0.345 e. The molecule has 10 nitrogen and oxygen atoms in total. The van der Waals surface area contributed by atoms with Crippen molar-refractivity contribution in [3.63, 3.8) is 0 Å². The molecule has 0 aliphatic heterocycles. The van der Waals surface area contributed by atoms with Gasteiger partial charge in [0.25, 0.3) is 0 Å². The molecule has 0 N–H and O–H groups in total. The van der Waals surface area contributed by atoms with Crippen molar-refractivity contribution < 1.29 is 44.1 Å². The molecule has 14 heteroatoms. The van der Waals surface area contributed by atoms with Gasteiger partial charge in [-0.15, -0.1) is 0 Å². The van der Waals surface area contributed by atoms with Crippen LogP contribution in [0.2, 0.25) is 0 Å². The molecule has 0 fully saturated rings. The van der Waals surface area contributed by atoms with Crippen LogP contribution in [0.5, 0.6) is 0 Å². The summed E-state index contributed by atoms with van der Waals surface area (Å²) in [6.45, 7) is 5.72. The Morgan fingerprint density at radius 3 is 1.04 bits per heavy atom. The highest BCUT2D eigenvalue weighted by atomic mass is 32.3. The standard InChI is InChI=1S/C11H26O10P2S2/c1-5-18-22(12,19-6-2)9-24(14,15)11-25(16,17)10-23(13,20-7-3)21-8-4/h5-11H2,1-4H3. The van der Waals surface area contributed by atoms with Gasteiger partial charge in [0.2, 0.25) is 0 Å². The molecule has 0 bridgehead atoms. The maximum absolute atomic E-state index is 12.3. The SMILES string of the molecule is CCOP(=O)(CS(=O)(=O)CS(=O)(=O)CP(=O)(OCC)OCC)OCC. The van der Waals surface area contributed by atoms with Gasteiger partial charge in [-0.2, -0.15) is 0 Å². The van der Waals surface area contributed by atoms with Crippen molar-refractivity contribution >= 4 is 34.9 Å². The fourth-order valence-corrected chi connectivity index (χ4v) is 12.7. The van der Waals surface area contributed by atoms with Crippen LogP contribution in [0.25, 0.3) is 0 Å². The van der Waals surface area contributed by atoms with Crippen LogP contribution in [0.15, 0.2) is 0 Å². The predicted molar refractivity (Wildman–Crippen MR) is 94.2 cm³/mol. The summed E-state index contributed by atoms with van der Waals surface area (Å²) in [6.07, 6.45) is 0. The van der Waals surface area contributed by atoms with Crippen molar-refractivity contribution in [2.24, 2.45) is 0 Å². The normalized spacial score (nSPS) is 13.9. The summed E-state index contributed by atoms with van der Waals surface area (Å²) in [5, 5.41) is -1.37. The van der Waals surface area contributed by atoms with E-state index in [9.17, 15) is 26.0 Å². The van der Waals surface area contributed by atoms with Crippen LogP contribution in [-0.2, 0) is 46.9 Å². The first kappa shape index (κ1) is 25.2. The van der Waals surface area contributed by atoms with Gasteiger partial charge in [0.05, 0.1) is 26.4 Å². The third-order valence-corrected chi connectivity index (χ3v) is 13.5. The number of hydrogen-bond acceptors (Lipinski definition) is 10. The molecular weight excluding hydrogens is 418 g/mol. The molecule has 0 heterocycles. The molecule has 0 unspecified atom stereocenters. The van der Waals surface area contributed by atoms with Crippen LogP contribution >= 0.6 is 15.2 Å². The Kier molecular flexibility index (Phi) is 10.6. The highest BCUT2D eigenvalue weighted by molar-refractivity contribution is 8.12. The number of hydrogen-bond donors (Lipinski definition) is 0. The van der Waals surface area contributed by atoms with Crippen LogP contribution in [0.1, 0.15) is 27.7 Å². The van der Waals surface area contributed by atoms with Crippen molar-refractivity contribution in [1.29, 1.82) is 0 Å². The summed E-state index contributed by atoms with van der Waals surface area (Å²) in [5.74, 6) is 0. The fraction of sp³-hybridized carbons (Fsp3) is 1.00. The molecule has 0 rings (SSSR count). The van der Waals surface area contributed by atoms with Crippen molar-refractivity contribution in [1.82, 2.24) is 0 Å². The third-order valence-electron chi connectivity index (χ3n) is 2.37. The van der Waals surface area contributed by atoms with Gasteiger partial charge in [-0.1, -0.05) is 0 Å². The maximum Gasteiger partial charge on any atom is 0.345 e. The van der Waals surface area contributed by atoms with Crippen molar-refractivity contribution in [3.8, 4) is 0 Å². The van der Waals surface area contributed by atoms with E-state index in [2.05, 4.69) is 0 Å². The smallest absolute Gasteiger partial charge is 0.308 e. The Morgan fingerprint density at radius 1 is 0.600 bits per heavy atom. The van der Waals surface area contributed by atoms with E-state index < -0.39 is 50.9 Å². The van der Waals surface area contributed by atoms with Crippen LogP contribution in [0.4, 0.5) is 0 Å². The van der Waals surface area contributed by atoms with Gasteiger partial charge in [0.1, 0.15) is 0 Å². The van der Waals surface area contributed by atoms with E-state index >= 15 is 0 Å². The van der Waals surface area contributed by atoms with Gasteiger partial charge in [0.15, 0.2) is 35.7 Å². The zero-order valence-corrected chi connectivity index (χ0v) is 18.2. The summed E-state index contributed by atoms with van der Waals surface area (Å²) in [6, 6.07) is 0. The van der Waals surface area contributed by atoms with E-state index in [1.165, 1.54) is 27.7 Å². The van der Waals surface area contributed by atoms with Gasteiger partial charge in [-0.3, -0.25) is 9.13 Å². The van der Waals surface area contributed by atoms with E-state index in [0.29, 0.717) is 0 Å². The zero-order valence-electron chi connectivity index (χ0n) is 14.7. The van der Waals surface area contributed by atoms with Crippen LogP contribution in [0, 0.1) is 0 Å². The molecule has 0 aromatic heterocycles. The monoisotopic (exact) mass is 444 g/mol. The second kappa shape index (κ2) is 10.5. The zero-order chi connectivity index (χ0) is 19.8. The molecule has 0 spiro atoms. The molecule has 0 aliphatic carbocycles. The fourth-order valence-electron chi connectivity index (χ4n) is 1.84. The second-order valence-electron chi connectivity index (χ2n) is 4.76. The van der Waals surface area contributed by atoms with E-state index in [4.69, 9.17) is 18.1 Å². The van der Waals surface area contributed by atoms with E-state index in [0.717, 1.165) is 0 Å². The third kappa shape index (κ3) is 10.2. The summed E-state index contributed by atoms with van der Waals surface area (Å²) in [7, 11) is -16.7. The Labute approximate surface area is 149 Å². The lowest BCUT2D eigenvalue weighted by Crippen LogP contribution is -2.23. The van der Waals surface area contributed by atoms with Crippen LogP contribution in [0.3, 0.4) is 0 Å². The minimum absolute atomic E-state index is 0.0660. The lowest BCUT2D eigenvalue weighted by atomic mass is 10.9. The first-order chi connectivity index (χ1) is 11.4. The highest BCUT2D eigenvalue weighted by Gasteiger charge is 2.38. The molecule has 0 aromatic rings. The molecule has 152 valence electrons. The van der Waals surface area contributed by atoms with Gasteiger partial charge in [0, 0.05) is 0 Å². The van der Waals surface area contributed by atoms with Gasteiger partial charge < -0.3 is 18.1 Å². The van der Waals surface area contributed by atoms with E-state index in [-0.39, 0.29) is 26.4 Å². The lowest BCUT2D eigenvalue weighted by molar-refractivity contribution is 0.223. The first-order valence-electron chi connectivity index (χ1n) is 7.53. The Bertz CT molecular complexity index is 620. The molecule has 25 heavy (non-hydrogen) atoms. The van der Waals surface area contributed by atoms with E-state index in [1.54, 1.807) is 0 Å². The molecule has 0 amide bonds. The molecule has 0 aliphatic rings. The predicted octanol–water partition coefficient (Wildman–Crippen LogP) is 2.22. The van der Waals surface area contributed by atoms with Crippen molar-refractivity contribution in [3.05, 3.63) is 0 Å². The Balaban J connectivity index is 5.31. The van der Waals surface area contributed by atoms with Crippen molar-refractivity contribution in [2.45, 2.75) is 27.7 Å². The quantitative estimate of drug-likeness (QED) is 0.366. The summed E-state index contributed by atoms with van der Waals surface area (Å²) in [4.78, 5) is 0. The van der Waals surface area contributed by atoms with Crippen LogP contribution < -0.4 is 0 Å². The van der Waals surface area contributed by atoms with E-state index in [1.807, 2.05) is 0 Å². The van der Waals surface area contributed by atoms with Gasteiger partial charge in [-0.25, -0.2) is 16.8 Å². The van der Waals surface area contributed by atoms with Crippen molar-refractivity contribution in [2.75, 3.05) is 42.5 Å². The molecule has 0 radical (unpaired) electrons. The lowest BCUT2D eigenvalue weighted by Gasteiger charge is -2.18. The topological polar surface area (TPSA) is 139 Å². The first-order valence-corrected chi connectivity index (χ1v) is 14.6. The number of rotatable bonds is 14. The molecule has 0 atom stereocenters. The van der Waals surface area contributed by atoms with Gasteiger partial charge >= 0.3 is 15.2 Å². The minimum atomic E-state index is -4.38. The number of sulfone groups is 2. The Hall–Kier alpha value is 0.200.